The third-order valence-corrected chi connectivity index (χ3v) is 5.46. The second-order valence-corrected chi connectivity index (χ2v) is 8.42. The van der Waals surface area contributed by atoms with Crippen molar-refractivity contribution >= 4 is 33.3 Å². The zero-order valence-electron chi connectivity index (χ0n) is 16.0. The molecule has 30 heavy (non-hydrogen) atoms. The SMILES string of the molecule is CC(C)Oc1ccc(-c2ccc(C(=O)NS(=O)(=O)c3cccnc3N)c(Cl)n2)cn1. The van der Waals surface area contributed by atoms with E-state index in [0.717, 1.165) is 0 Å². The second kappa shape index (κ2) is 8.64. The van der Waals surface area contributed by atoms with Gasteiger partial charge in [-0.05, 0) is 44.2 Å². The average molecular weight is 448 g/mol. The van der Waals surface area contributed by atoms with Gasteiger partial charge >= 0.3 is 0 Å². The van der Waals surface area contributed by atoms with Crippen LogP contribution in [0.15, 0.2) is 53.7 Å². The van der Waals surface area contributed by atoms with Crippen LogP contribution in [0, 0.1) is 0 Å². The average Bonchev–Trinajstić information content (AvgIpc) is 2.67. The molecule has 3 heterocycles. The predicted octanol–water partition coefficient (Wildman–Crippen LogP) is 2.68. The summed E-state index contributed by atoms with van der Waals surface area (Å²) in [5, 5.41) is -0.165. The van der Waals surface area contributed by atoms with E-state index in [4.69, 9.17) is 22.1 Å². The summed E-state index contributed by atoms with van der Waals surface area (Å²) in [5.41, 5.74) is 6.57. The molecule has 0 bridgehead atoms. The second-order valence-electron chi connectivity index (χ2n) is 6.41. The summed E-state index contributed by atoms with van der Waals surface area (Å²) in [6.07, 6.45) is 2.89. The lowest BCUT2D eigenvalue weighted by Gasteiger charge is -2.10. The minimum atomic E-state index is -4.23. The Morgan fingerprint density at radius 3 is 2.53 bits per heavy atom. The smallest absolute Gasteiger partial charge is 0.268 e. The number of carbonyl (C=O) groups is 1. The lowest BCUT2D eigenvalue weighted by molar-refractivity contribution is 0.0981. The molecule has 3 N–H and O–H groups in total. The van der Waals surface area contributed by atoms with Crippen LogP contribution in [0.3, 0.4) is 0 Å². The maximum atomic E-state index is 12.5. The van der Waals surface area contributed by atoms with Gasteiger partial charge in [0.15, 0.2) is 0 Å². The van der Waals surface area contributed by atoms with Crippen LogP contribution in [0.1, 0.15) is 24.2 Å². The molecule has 0 aliphatic carbocycles. The summed E-state index contributed by atoms with van der Waals surface area (Å²) in [7, 11) is -4.23. The lowest BCUT2D eigenvalue weighted by atomic mass is 10.1. The maximum Gasteiger partial charge on any atom is 0.268 e. The third kappa shape index (κ3) is 4.84. The van der Waals surface area contributed by atoms with Crippen molar-refractivity contribution in [2.45, 2.75) is 24.8 Å². The van der Waals surface area contributed by atoms with E-state index in [0.29, 0.717) is 17.1 Å². The van der Waals surface area contributed by atoms with Crippen LogP contribution in [0.2, 0.25) is 5.15 Å². The number of nitrogens with two attached hydrogens (primary N) is 1. The Kier molecular flexibility index (Phi) is 6.18. The van der Waals surface area contributed by atoms with Crippen molar-refractivity contribution < 1.29 is 17.9 Å². The molecule has 0 unspecified atom stereocenters. The Labute approximate surface area is 178 Å². The van der Waals surface area contributed by atoms with Crippen molar-refractivity contribution in [2.24, 2.45) is 0 Å². The highest BCUT2D eigenvalue weighted by Gasteiger charge is 2.23. The van der Waals surface area contributed by atoms with E-state index in [-0.39, 0.29) is 27.5 Å². The van der Waals surface area contributed by atoms with Crippen LogP contribution in [-0.4, -0.2) is 35.4 Å². The van der Waals surface area contributed by atoms with Gasteiger partial charge in [-0.3, -0.25) is 4.79 Å². The van der Waals surface area contributed by atoms with Gasteiger partial charge in [-0.2, -0.15) is 0 Å². The minimum absolute atomic E-state index is 0.00740. The number of anilines is 1. The Balaban J connectivity index is 1.81. The summed E-state index contributed by atoms with van der Waals surface area (Å²) in [5.74, 6) is -0.702. The fourth-order valence-corrected chi connectivity index (χ4v) is 3.76. The number of ether oxygens (including phenoxy) is 1. The van der Waals surface area contributed by atoms with Crippen LogP contribution >= 0.6 is 11.6 Å². The minimum Gasteiger partial charge on any atom is -0.475 e. The van der Waals surface area contributed by atoms with E-state index >= 15 is 0 Å². The van der Waals surface area contributed by atoms with Crippen molar-refractivity contribution in [1.82, 2.24) is 19.7 Å². The van der Waals surface area contributed by atoms with E-state index in [2.05, 4.69) is 15.0 Å². The summed E-state index contributed by atoms with van der Waals surface area (Å²) in [6.45, 7) is 3.78. The van der Waals surface area contributed by atoms with E-state index < -0.39 is 15.9 Å². The fourth-order valence-electron chi connectivity index (χ4n) is 2.47. The molecule has 0 radical (unpaired) electrons. The van der Waals surface area contributed by atoms with E-state index in [9.17, 15) is 13.2 Å². The fraction of sp³-hybridized carbons (Fsp3) is 0.158. The number of pyridine rings is 3. The van der Waals surface area contributed by atoms with Crippen LogP contribution in [0.4, 0.5) is 5.82 Å². The molecule has 0 aromatic carbocycles. The Hall–Kier alpha value is -3.24. The first-order valence-electron chi connectivity index (χ1n) is 8.74. The Bertz CT molecular complexity index is 1180. The molecule has 0 saturated carbocycles. The number of rotatable bonds is 6. The van der Waals surface area contributed by atoms with Crippen LogP contribution in [-0.2, 0) is 10.0 Å². The molecule has 3 rings (SSSR count). The number of hydrogen-bond acceptors (Lipinski definition) is 8. The molecule has 11 heteroatoms. The van der Waals surface area contributed by atoms with Gasteiger partial charge in [0, 0.05) is 24.0 Å². The summed E-state index contributed by atoms with van der Waals surface area (Å²) in [6, 6.07) is 8.98. The first kappa shape index (κ1) is 21.5. The molecule has 0 fully saturated rings. The molecule has 0 aliphatic rings. The number of sulfonamides is 1. The van der Waals surface area contributed by atoms with Crippen molar-refractivity contribution in [3.05, 3.63) is 59.5 Å². The van der Waals surface area contributed by atoms with Crippen LogP contribution in [0.25, 0.3) is 11.3 Å². The van der Waals surface area contributed by atoms with E-state index in [1.807, 2.05) is 18.6 Å². The Morgan fingerprint density at radius 1 is 1.17 bits per heavy atom. The van der Waals surface area contributed by atoms with Gasteiger partial charge in [0.05, 0.1) is 17.4 Å². The summed E-state index contributed by atoms with van der Waals surface area (Å²) < 4.78 is 32.2. The largest absolute Gasteiger partial charge is 0.475 e. The van der Waals surface area contributed by atoms with Gasteiger partial charge in [0.25, 0.3) is 15.9 Å². The molecule has 0 saturated heterocycles. The molecule has 3 aromatic rings. The third-order valence-electron chi connectivity index (χ3n) is 3.80. The number of halogens is 1. The van der Waals surface area contributed by atoms with E-state index in [1.165, 1.54) is 30.5 Å². The monoisotopic (exact) mass is 447 g/mol. The number of aromatic nitrogens is 3. The number of nitrogens with one attached hydrogen (secondary N) is 1. The van der Waals surface area contributed by atoms with Crippen molar-refractivity contribution in [3.63, 3.8) is 0 Å². The number of nitrogen functional groups attached to an aromatic ring is 1. The molecule has 3 aromatic heterocycles. The van der Waals surface area contributed by atoms with Crippen molar-refractivity contribution in [2.75, 3.05) is 5.73 Å². The molecular formula is C19H18ClN5O4S. The summed E-state index contributed by atoms with van der Waals surface area (Å²) in [4.78, 5) is 24.2. The van der Waals surface area contributed by atoms with Crippen LogP contribution in [0.5, 0.6) is 5.88 Å². The highest BCUT2D eigenvalue weighted by molar-refractivity contribution is 7.90. The summed E-state index contributed by atoms with van der Waals surface area (Å²) >= 11 is 6.13. The number of nitrogens with zero attached hydrogens (tertiary/aromatic N) is 3. The standard InChI is InChI=1S/C19H18ClN5O4S/c1-11(2)29-16-8-5-12(10-23-16)14-7-6-13(17(20)24-14)19(26)25-30(27,28)15-4-3-9-22-18(15)21/h3-11H,1-2H3,(H2,21,22)(H,25,26). The normalized spacial score (nSPS) is 11.3. The van der Waals surface area contributed by atoms with Gasteiger partial charge in [0.1, 0.15) is 15.9 Å². The number of hydrogen-bond donors (Lipinski definition) is 2. The topological polar surface area (TPSA) is 137 Å². The van der Waals surface area contributed by atoms with Gasteiger partial charge < -0.3 is 10.5 Å². The van der Waals surface area contributed by atoms with Crippen LogP contribution < -0.4 is 15.2 Å². The highest BCUT2D eigenvalue weighted by Crippen LogP contribution is 2.23. The van der Waals surface area contributed by atoms with Crippen molar-refractivity contribution in [3.8, 4) is 17.1 Å². The first-order chi connectivity index (χ1) is 14.2. The van der Waals surface area contributed by atoms with Gasteiger partial charge in [-0.15, -0.1) is 0 Å². The van der Waals surface area contributed by atoms with E-state index in [1.54, 1.807) is 18.3 Å². The zero-order chi connectivity index (χ0) is 21.9. The molecule has 0 atom stereocenters. The Morgan fingerprint density at radius 2 is 1.93 bits per heavy atom. The molecule has 9 nitrogen and oxygen atoms in total. The molecule has 0 aliphatic heterocycles. The zero-order valence-corrected chi connectivity index (χ0v) is 17.6. The van der Waals surface area contributed by atoms with Gasteiger partial charge in [-0.1, -0.05) is 11.6 Å². The van der Waals surface area contributed by atoms with Gasteiger partial charge in [0.2, 0.25) is 5.88 Å². The highest BCUT2D eigenvalue weighted by atomic mass is 35.5. The quantitative estimate of drug-likeness (QED) is 0.550. The van der Waals surface area contributed by atoms with Crippen molar-refractivity contribution in [1.29, 1.82) is 0 Å². The van der Waals surface area contributed by atoms with Gasteiger partial charge in [-0.25, -0.2) is 28.1 Å². The number of amides is 1. The predicted molar refractivity (Wildman–Crippen MR) is 112 cm³/mol. The molecule has 156 valence electrons. The number of carbonyl (C=O) groups excluding carboxylic acids is 1. The first-order valence-corrected chi connectivity index (χ1v) is 10.6. The molecular weight excluding hydrogens is 430 g/mol. The molecule has 0 spiro atoms. The maximum absolute atomic E-state index is 12.5. The molecule has 1 amide bonds. The lowest BCUT2D eigenvalue weighted by Crippen LogP contribution is -2.31.